The lowest BCUT2D eigenvalue weighted by Crippen LogP contribution is -2.23. The number of hydrogen-bond acceptors (Lipinski definition) is 4. The molecule has 0 fully saturated rings. The summed E-state index contributed by atoms with van der Waals surface area (Å²) in [6.45, 7) is 0. The number of ether oxygens (including phenoxy) is 1. The molecule has 0 radical (unpaired) electrons. The van der Waals surface area contributed by atoms with Crippen LogP contribution in [0.4, 0.5) is 26.3 Å². The summed E-state index contributed by atoms with van der Waals surface area (Å²) in [5.74, 6) is -1.94. The maximum absolute atomic E-state index is 12.8. The Balaban J connectivity index is 3.76. The van der Waals surface area contributed by atoms with Gasteiger partial charge in [0.2, 0.25) is 5.88 Å². The zero-order valence-corrected chi connectivity index (χ0v) is 12.5. The Kier molecular flexibility index (Phi) is 5.05. The van der Waals surface area contributed by atoms with E-state index in [9.17, 15) is 34.8 Å². The average molecular weight is 423 g/mol. The van der Waals surface area contributed by atoms with Crippen molar-refractivity contribution in [1.82, 2.24) is 4.98 Å². The predicted octanol–water partition coefficient (Wildman–Crippen LogP) is 3.82. The molecule has 0 saturated heterocycles. The topological polar surface area (TPSA) is 56.3 Å². The van der Waals surface area contributed by atoms with Gasteiger partial charge < -0.3 is 4.74 Å². The molecule has 0 unspecified atom stereocenters. The molecule has 0 saturated carbocycles. The number of alkyl halides is 7. The highest BCUT2D eigenvalue weighted by Crippen LogP contribution is 2.42. The van der Waals surface area contributed by atoms with E-state index in [1.54, 1.807) is 0 Å². The largest absolute Gasteiger partial charge is 0.574 e. The normalized spacial score (nSPS) is 13.3. The van der Waals surface area contributed by atoms with Gasteiger partial charge in [0.15, 0.2) is 0 Å². The first-order valence-corrected chi connectivity index (χ1v) is 8.06. The van der Waals surface area contributed by atoms with Crippen LogP contribution in [0.5, 0.6) is 5.88 Å². The lowest BCUT2D eigenvalue weighted by atomic mass is 10.2. The number of pyridine rings is 1. The van der Waals surface area contributed by atoms with Crippen LogP contribution >= 0.6 is 26.6 Å². The Labute approximate surface area is 126 Å². The number of hydrogen-bond donors (Lipinski definition) is 0. The Morgan fingerprint density at radius 1 is 1.24 bits per heavy atom. The number of nitrogens with zero attached hydrogens (tertiary/aromatic N) is 1. The molecule has 0 spiro atoms. The van der Waals surface area contributed by atoms with E-state index in [1.165, 1.54) is 0 Å². The third-order valence-electron chi connectivity index (χ3n) is 1.90. The molecule has 1 rings (SSSR count). The molecule has 0 amide bonds. The minimum Gasteiger partial charge on any atom is -0.387 e. The van der Waals surface area contributed by atoms with Crippen molar-refractivity contribution in [2.24, 2.45) is 0 Å². The lowest BCUT2D eigenvalue weighted by molar-refractivity contribution is -0.278. The monoisotopic (exact) mass is 421 g/mol. The van der Waals surface area contributed by atoms with E-state index in [4.69, 9.17) is 10.7 Å². The van der Waals surface area contributed by atoms with Crippen LogP contribution in [0.25, 0.3) is 0 Å². The van der Waals surface area contributed by atoms with Gasteiger partial charge in [-0.2, -0.15) is 13.2 Å². The van der Waals surface area contributed by atoms with E-state index in [0.29, 0.717) is 6.07 Å². The Morgan fingerprint density at radius 2 is 1.76 bits per heavy atom. The Bertz CT molecular complexity index is 645. The van der Waals surface area contributed by atoms with Crippen LogP contribution in [0.1, 0.15) is 11.3 Å². The second kappa shape index (κ2) is 5.80. The van der Waals surface area contributed by atoms with Crippen molar-refractivity contribution in [3.63, 3.8) is 0 Å². The van der Waals surface area contributed by atoms with Gasteiger partial charge in [0, 0.05) is 16.0 Å². The molecular formula is C8H3BrClF6NO3S. The minimum absolute atomic E-state index is 0.321. The third-order valence-corrected chi connectivity index (χ3v) is 3.82. The minimum atomic E-state index is -5.49. The summed E-state index contributed by atoms with van der Waals surface area (Å²) in [7, 11) is -0.149. The zero-order chi connectivity index (χ0) is 16.6. The molecule has 0 aromatic carbocycles. The van der Waals surface area contributed by atoms with Gasteiger partial charge in [-0.05, 0) is 6.07 Å². The second-order valence-corrected chi connectivity index (χ2v) is 6.50. The van der Waals surface area contributed by atoms with Gasteiger partial charge in [-0.1, -0.05) is 15.9 Å². The highest BCUT2D eigenvalue weighted by molar-refractivity contribution is 9.08. The first-order chi connectivity index (χ1) is 9.25. The highest BCUT2D eigenvalue weighted by atomic mass is 79.9. The highest BCUT2D eigenvalue weighted by Gasteiger charge is 2.45. The number of rotatable bonds is 3. The van der Waals surface area contributed by atoms with Crippen LogP contribution in [0, 0.1) is 0 Å². The van der Waals surface area contributed by atoms with Gasteiger partial charge in [0.25, 0.3) is 9.05 Å². The van der Waals surface area contributed by atoms with Gasteiger partial charge in [0.1, 0.15) is 10.5 Å². The van der Waals surface area contributed by atoms with E-state index in [1.807, 2.05) is 0 Å². The molecule has 0 aliphatic heterocycles. The molecule has 0 aliphatic carbocycles. The molecule has 0 atom stereocenters. The summed E-state index contributed by atoms with van der Waals surface area (Å²) in [5, 5.41) is -0.321. The lowest BCUT2D eigenvalue weighted by Gasteiger charge is -2.17. The van der Waals surface area contributed by atoms with Crippen LogP contribution in [0.15, 0.2) is 11.0 Å². The molecule has 0 bridgehead atoms. The number of aromatic nitrogens is 1. The van der Waals surface area contributed by atoms with E-state index in [-0.39, 0.29) is 5.33 Å². The third kappa shape index (κ3) is 4.88. The zero-order valence-electron chi connectivity index (χ0n) is 9.39. The van der Waals surface area contributed by atoms with Gasteiger partial charge in [-0.25, -0.2) is 13.4 Å². The number of halogens is 8. The van der Waals surface area contributed by atoms with Crippen LogP contribution in [-0.2, 0) is 20.6 Å². The smallest absolute Gasteiger partial charge is 0.387 e. The van der Waals surface area contributed by atoms with E-state index in [0.717, 1.165) is 0 Å². The van der Waals surface area contributed by atoms with E-state index < -0.39 is 43.6 Å². The quantitative estimate of drug-likeness (QED) is 0.422. The van der Waals surface area contributed by atoms with Crippen LogP contribution < -0.4 is 4.74 Å². The molecular weight excluding hydrogens is 420 g/mol. The Morgan fingerprint density at radius 3 is 2.10 bits per heavy atom. The predicted molar refractivity (Wildman–Crippen MR) is 61.6 cm³/mol. The van der Waals surface area contributed by atoms with E-state index in [2.05, 4.69) is 25.7 Å². The molecule has 13 heteroatoms. The first kappa shape index (κ1) is 18.3. The average Bonchev–Trinajstić information content (AvgIpc) is 2.22. The molecule has 1 heterocycles. The fourth-order valence-corrected chi connectivity index (χ4v) is 2.63. The molecule has 1 aromatic heterocycles. The van der Waals surface area contributed by atoms with E-state index >= 15 is 0 Å². The fraction of sp³-hybridized carbons (Fsp3) is 0.375. The molecule has 120 valence electrons. The van der Waals surface area contributed by atoms with Crippen molar-refractivity contribution in [2.75, 3.05) is 0 Å². The molecule has 1 aromatic rings. The van der Waals surface area contributed by atoms with Crippen LogP contribution in [0.3, 0.4) is 0 Å². The summed E-state index contributed by atoms with van der Waals surface area (Å²) >= 11 is 2.73. The van der Waals surface area contributed by atoms with Crippen molar-refractivity contribution in [3.8, 4) is 5.88 Å². The summed E-state index contributed by atoms with van der Waals surface area (Å²) in [5.41, 5.74) is -2.67. The Hall–Kier alpha value is -0.750. The maximum atomic E-state index is 12.8. The van der Waals surface area contributed by atoms with Crippen LogP contribution in [0.2, 0.25) is 0 Å². The summed E-state index contributed by atoms with van der Waals surface area (Å²) in [6.07, 6.45) is -11.0. The van der Waals surface area contributed by atoms with Crippen molar-refractivity contribution in [3.05, 3.63) is 17.3 Å². The summed E-state index contributed by atoms with van der Waals surface area (Å²) < 4.78 is 100. The molecule has 0 aliphatic rings. The summed E-state index contributed by atoms with van der Waals surface area (Å²) in [4.78, 5) is 1.42. The molecule has 21 heavy (non-hydrogen) atoms. The van der Waals surface area contributed by atoms with Gasteiger partial charge >= 0.3 is 12.5 Å². The van der Waals surface area contributed by atoms with Crippen molar-refractivity contribution in [1.29, 1.82) is 0 Å². The first-order valence-electron chi connectivity index (χ1n) is 4.63. The van der Waals surface area contributed by atoms with Crippen molar-refractivity contribution >= 4 is 35.7 Å². The standard InChI is InChI=1S/C8H3BrClF6NO3S/c9-2-3-1-4(21(10,18)19)5(7(11,12)13)6(17-3)20-8(14,15)16/h1H,2H2. The van der Waals surface area contributed by atoms with Crippen molar-refractivity contribution < 1.29 is 39.5 Å². The van der Waals surface area contributed by atoms with Gasteiger partial charge in [-0.15, -0.1) is 13.2 Å². The SMILES string of the molecule is O=S(=O)(Cl)c1cc(CBr)nc(OC(F)(F)F)c1C(F)(F)F. The van der Waals surface area contributed by atoms with Crippen LogP contribution in [-0.4, -0.2) is 19.8 Å². The second-order valence-electron chi connectivity index (χ2n) is 3.41. The van der Waals surface area contributed by atoms with Gasteiger partial charge in [-0.3, -0.25) is 0 Å². The van der Waals surface area contributed by atoms with Crippen molar-refractivity contribution in [2.45, 2.75) is 22.8 Å². The molecule has 4 nitrogen and oxygen atoms in total. The molecule has 0 N–H and O–H groups in total. The maximum Gasteiger partial charge on any atom is 0.574 e. The summed E-state index contributed by atoms with van der Waals surface area (Å²) in [6, 6.07) is 0.406. The van der Waals surface area contributed by atoms with Gasteiger partial charge in [0.05, 0.1) is 5.69 Å². The fourth-order valence-electron chi connectivity index (χ4n) is 1.25.